The van der Waals surface area contributed by atoms with Crippen LogP contribution in [0.25, 0.3) is 6.08 Å². The number of amides is 3. The summed E-state index contributed by atoms with van der Waals surface area (Å²) in [4.78, 5) is 36.4. The highest BCUT2D eigenvalue weighted by molar-refractivity contribution is 6.07. The molecule has 0 aromatic heterocycles. The van der Waals surface area contributed by atoms with Crippen molar-refractivity contribution in [3.8, 4) is 0 Å². The standard InChI is InChI=1S/C19H17N3O4/c1-19(15-9-11-16(12-10-15)22(25)26)17(23)21(18(24)20-19)13-5-8-14-6-3-2-4-7-14/h2-12H,13H2,1H3,(H,20,24)/b8-5+/t19-/m1/s1. The Labute approximate surface area is 150 Å². The lowest BCUT2D eigenvalue weighted by atomic mass is 9.92. The largest absolute Gasteiger partial charge is 0.325 e. The number of nitrogens with one attached hydrogen (secondary N) is 1. The lowest BCUT2D eigenvalue weighted by Gasteiger charge is -2.21. The summed E-state index contributed by atoms with van der Waals surface area (Å²) in [6.07, 6.45) is 3.58. The van der Waals surface area contributed by atoms with E-state index in [1.165, 1.54) is 24.3 Å². The molecule has 0 bridgehead atoms. The third kappa shape index (κ3) is 3.19. The molecule has 3 rings (SSSR count). The van der Waals surface area contributed by atoms with E-state index in [0.29, 0.717) is 5.56 Å². The lowest BCUT2D eigenvalue weighted by Crippen LogP contribution is -2.40. The Bertz CT molecular complexity index is 877. The van der Waals surface area contributed by atoms with Gasteiger partial charge in [-0.05, 0) is 30.2 Å². The van der Waals surface area contributed by atoms with Gasteiger partial charge in [-0.15, -0.1) is 0 Å². The van der Waals surface area contributed by atoms with Crippen LogP contribution in [0.2, 0.25) is 0 Å². The zero-order valence-electron chi connectivity index (χ0n) is 14.1. The first-order valence-corrected chi connectivity index (χ1v) is 8.02. The van der Waals surface area contributed by atoms with E-state index in [4.69, 9.17) is 0 Å². The average Bonchev–Trinajstić information content (AvgIpc) is 2.86. The second-order valence-corrected chi connectivity index (χ2v) is 6.09. The fourth-order valence-corrected chi connectivity index (χ4v) is 2.83. The van der Waals surface area contributed by atoms with Gasteiger partial charge in [0, 0.05) is 18.7 Å². The van der Waals surface area contributed by atoms with Crippen molar-refractivity contribution in [1.82, 2.24) is 10.2 Å². The van der Waals surface area contributed by atoms with Gasteiger partial charge >= 0.3 is 6.03 Å². The highest BCUT2D eigenvalue weighted by atomic mass is 16.6. The second-order valence-electron chi connectivity index (χ2n) is 6.09. The zero-order valence-corrected chi connectivity index (χ0v) is 14.1. The predicted molar refractivity (Wildman–Crippen MR) is 96.2 cm³/mol. The number of imide groups is 1. The van der Waals surface area contributed by atoms with Gasteiger partial charge in [0.25, 0.3) is 11.6 Å². The van der Waals surface area contributed by atoms with Crippen LogP contribution >= 0.6 is 0 Å². The molecule has 0 radical (unpaired) electrons. The Kier molecular flexibility index (Phi) is 4.53. The molecule has 1 atom stereocenters. The van der Waals surface area contributed by atoms with E-state index in [-0.39, 0.29) is 12.2 Å². The van der Waals surface area contributed by atoms with Gasteiger partial charge in [-0.1, -0.05) is 42.5 Å². The van der Waals surface area contributed by atoms with Gasteiger partial charge in [-0.25, -0.2) is 4.79 Å². The molecule has 0 spiro atoms. The number of urea groups is 1. The van der Waals surface area contributed by atoms with Crippen molar-refractivity contribution < 1.29 is 14.5 Å². The van der Waals surface area contributed by atoms with Crippen LogP contribution < -0.4 is 5.32 Å². The van der Waals surface area contributed by atoms with Crippen molar-refractivity contribution in [2.75, 3.05) is 6.54 Å². The van der Waals surface area contributed by atoms with Crippen molar-refractivity contribution >= 4 is 23.7 Å². The van der Waals surface area contributed by atoms with Crippen LogP contribution in [0.5, 0.6) is 0 Å². The van der Waals surface area contributed by atoms with E-state index in [1.54, 1.807) is 13.0 Å². The maximum absolute atomic E-state index is 12.8. The van der Waals surface area contributed by atoms with Gasteiger partial charge < -0.3 is 5.32 Å². The van der Waals surface area contributed by atoms with Gasteiger partial charge in [0.15, 0.2) is 0 Å². The summed E-state index contributed by atoms with van der Waals surface area (Å²) in [5.41, 5.74) is 0.151. The third-order valence-corrected chi connectivity index (χ3v) is 4.33. The van der Waals surface area contributed by atoms with Gasteiger partial charge in [-0.2, -0.15) is 0 Å². The molecule has 0 aliphatic carbocycles. The zero-order chi connectivity index (χ0) is 18.7. The normalized spacial score (nSPS) is 19.8. The Morgan fingerprint density at radius 2 is 1.77 bits per heavy atom. The molecule has 132 valence electrons. The van der Waals surface area contributed by atoms with E-state index in [1.807, 2.05) is 36.4 Å². The summed E-state index contributed by atoms with van der Waals surface area (Å²) in [6, 6.07) is 14.7. The molecule has 1 heterocycles. The predicted octanol–water partition coefficient (Wildman–Crippen LogP) is 3.08. The number of carbonyl (C=O) groups is 2. The third-order valence-electron chi connectivity index (χ3n) is 4.33. The summed E-state index contributed by atoms with van der Waals surface area (Å²) in [5, 5.41) is 13.4. The van der Waals surface area contributed by atoms with Crippen LogP contribution in [-0.4, -0.2) is 28.3 Å². The molecule has 3 amide bonds. The molecule has 7 heteroatoms. The minimum atomic E-state index is -1.24. The van der Waals surface area contributed by atoms with E-state index in [0.717, 1.165) is 10.5 Å². The highest BCUT2D eigenvalue weighted by Crippen LogP contribution is 2.30. The van der Waals surface area contributed by atoms with Crippen LogP contribution in [0.15, 0.2) is 60.7 Å². The summed E-state index contributed by atoms with van der Waals surface area (Å²) < 4.78 is 0. The average molecular weight is 351 g/mol. The fourth-order valence-electron chi connectivity index (χ4n) is 2.83. The van der Waals surface area contributed by atoms with Gasteiger partial charge in [-0.3, -0.25) is 19.8 Å². The molecule has 1 fully saturated rings. The van der Waals surface area contributed by atoms with E-state index < -0.39 is 22.4 Å². The monoisotopic (exact) mass is 351 g/mol. The number of nitro benzene ring substituents is 1. The van der Waals surface area contributed by atoms with Crippen LogP contribution in [0.3, 0.4) is 0 Å². The molecule has 1 saturated heterocycles. The van der Waals surface area contributed by atoms with Crippen LogP contribution in [0, 0.1) is 10.1 Å². The molecule has 2 aromatic rings. The first-order chi connectivity index (χ1) is 12.4. The molecular formula is C19H17N3O4. The Morgan fingerprint density at radius 1 is 1.12 bits per heavy atom. The van der Waals surface area contributed by atoms with Gasteiger partial charge in [0.2, 0.25) is 0 Å². The second kappa shape index (κ2) is 6.79. The number of benzene rings is 2. The minimum absolute atomic E-state index is 0.0724. The molecule has 26 heavy (non-hydrogen) atoms. The molecule has 1 aliphatic heterocycles. The van der Waals surface area contributed by atoms with Crippen molar-refractivity contribution in [3.63, 3.8) is 0 Å². The summed E-state index contributed by atoms with van der Waals surface area (Å²) in [7, 11) is 0. The molecular weight excluding hydrogens is 334 g/mol. The topological polar surface area (TPSA) is 92.6 Å². The van der Waals surface area contributed by atoms with Crippen LogP contribution in [0.4, 0.5) is 10.5 Å². The summed E-state index contributed by atoms with van der Waals surface area (Å²) >= 11 is 0. The Hall–Kier alpha value is -3.48. The first-order valence-electron chi connectivity index (χ1n) is 8.02. The van der Waals surface area contributed by atoms with Crippen LogP contribution in [-0.2, 0) is 10.3 Å². The maximum atomic E-state index is 12.8. The summed E-state index contributed by atoms with van der Waals surface area (Å²) in [5.74, 6) is -0.394. The van der Waals surface area contributed by atoms with E-state index in [9.17, 15) is 19.7 Å². The number of non-ortho nitro benzene ring substituents is 1. The first kappa shape index (κ1) is 17.3. The number of hydrogen-bond acceptors (Lipinski definition) is 4. The fraction of sp³-hybridized carbons (Fsp3) is 0.158. The number of nitro groups is 1. The Balaban J connectivity index is 1.77. The van der Waals surface area contributed by atoms with Gasteiger partial charge in [0.05, 0.1) is 4.92 Å². The Morgan fingerprint density at radius 3 is 2.38 bits per heavy atom. The van der Waals surface area contributed by atoms with E-state index >= 15 is 0 Å². The molecule has 1 N–H and O–H groups in total. The van der Waals surface area contributed by atoms with Crippen molar-refractivity contribution in [2.45, 2.75) is 12.5 Å². The molecule has 7 nitrogen and oxygen atoms in total. The minimum Gasteiger partial charge on any atom is -0.319 e. The van der Waals surface area contributed by atoms with Crippen molar-refractivity contribution in [1.29, 1.82) is 0 Å². The van der Waals surface area contributed by atoms with Gasteiger partial charge in [0.1, 0.15) is 5.54 Å². The highest BCUT2D eigenvalue weighted by Gasteiger charge is 2.48. The molecule has 2 aromatic carbocycles. The molecule has 1 aliphatic rings. The lowest BCUT2D eigenvalue weighted by molar-refractivity contribution is -0.384. The smallest absolute Gasteiger partial charge is 0.319 e. The van der Waals surface area contributed by atoms with Crippen molar-refractivity contribution in [2.24, 2.45) is 0 Å². The summed E-state index contributed by atoms with van der Waals surface area (Å²) in [6.45, 7) is 1.73. The molecule has 0 unspecified atom stereocenters. The number of carbonyl (C=O) groups excluding carboxylic acids is 2. The number of rotatable bonds is 5. The van der Waals surface area contributed by atoms with Crippen molar-refractivity contribution in [3.05, 3.63) is 81.9 Å². The number of hydrogen-bond donors (Lipinski definition) is 1. The SMILES string of the molecule is C[C@]1(c2ccc([N+](=O)[O-])cc2)NC(=O)N(C/C=C/c2ccccc2)C1=O. The van der Waals surface area contributed by atoms with Crippen LogP contribution in [0.1, 0.15) is 18.1 Å². The van der Waals surface area contributed by atoms with E-state index in [2.05, 4.69) is 5.32 Å². The maximum Gasteiger partial charge on any atom is 0.325 e. The number of nitrogens with zero attached hydrogens (tertiary/aromatic N) is 2. The quantitative estimate of drug-likeness (QED) is 0.509. The molecule has 0 saturated carbocycles.